The molecule has 5 heteroatoms. The monoisotopic (exact) mass is 361 g/mol. The number of esters is 1. The van der Waals surface area contributed by atoms with Crippen LogP contribution >= 0.6 is 0 Å². The Labute approximate surface area is 157 Å². The van der Waals surface area contributed by atoms with E-state index in [4.69, 9.17) is 9.47 Å². The summed E-state index contributed by atoms with van der Waals surface area (Å²) in [5, 5.41) is 0. The molecule has 0 saturated carbocycles. The van der Waals surface area contributed by atoms with E-state index in [1.807, 2.05) is 66.6 Å². The minimum absolute atomic E-state index is 0.0503. The Balaban J connectivity index is 2.16. The van der Waals surface area contributed by atoms with Crippen LogP contribution in [0.15, 0.2) is 90.0 Å². The Morgan fingerprint density at radius 1 is 0.963 bits per heavy atom. The molecule has 0 amide bonds. The van der Waals surface area contributed by atoms with Crippen molar-refractivity contribution in [1.82, 2.24) is 4.90 Å². The Morgan fingerprint density at radius 3 is 1.96 bits per heavy atom. The Morgan fingerprint density at radius 2 is 1.52 bits per heavy atom. The molecule has 2 aromatic carbocycles. The van der Waals surface area contributed by atoms with E-state index in [1.165, 1.54) is 14.2 Å². The predicted octanol–water partition coefficient (Wildman–Crippen LogP) is 3.39. The van der Waals surface area contributed by atoms with Crippen LogP contribution in [0.25, 0.3) is 0 Å². The third-order valence-corrected chi connectivity index (χ3v) is 4.34. The molecule has 1 heterocycles. The molecule has 136 valence electrons. The standard InChI is InChI=1S/C22H19NO4/c1-26-19-13-14-23(18(15-24)20(19)22(25)27-2)21(16-9-5-3-6-10-16)17-11-7-4-8-12-17/h3-14,21H,1-2H3. The topological polar surface area (TPSA) is 55.8 Å². The van der Waals surface area contributed by atoms with Crippen molar-refractivity contribution in [1.29, 1.82) is 0 Å². The molecule has 3 rings (SSSR count). The van der Waals surface area contributed by atoms with Gasteiger partial charge < -0.3 is 14.4 Å². The van der Waals surface area contributed by atoms with Crippen LogP contribution in [0.2, 0.25) is 0 Å². The zero-order valence-electron chi connectivity index (χ0n) is 15.1. The van der Waals surface area contributed by atoms with Gasteiger partial charge in [0.1, 0.15) is 17.0 Å². The lowest BCUT2D eigenvalue weighted by Crippen LogP contribution is -2.31. The lowest BCUT2D eigenvalue weighted by Gasteiger charge is -2.34. The minimum atomic E-state index is -0.653. The van der Waals surface area contributed by atoms with Crippen molar-refractivity contribution in [2.75, 3.05) is 14.2 Å². The molecule has 0 aromatic heterocycles. The predicted molar refractivity (Wildman–Crippen MR) is 101 cm³/mol. The van der Waals surface area contributed by atoms with E-state index in [9.17, 15) is 9.59 Å². The second-order valence-corrected chi connectivity index (χ2v) is 5.83. The van der Waals surface area contributed by atoms with Gasteiger partial charge in [0.15, 0.2) is 5.94 Å². The number of rotatable bonds is 5. The molecule has 0 aliphatic carbocycles. The minimum Gasteiger partial charge on any atom is -0.496 e. The number of nitrogens with zero attached hydrogens (tertiary/aromatic N) is 1. The van der Waals surface area contributed by atoms with Gasteiger partial charge in [0, 0.05) is 6.20 Å². The maximum absolute atomic E-state index is 12.3. The number of hydrogen-bond donors (Lipinski definition) is 0. The number of carbonyl (C=O) groups excluding carboxylic acids is 2. The van der Waals surface area contributed by atoms with Crippen LogP contribution < -0.4 is 0 Å². The first-order valence-electron chi connectivity index (χ1n) is 8.39. The number of allylic oxidation sites excluding steroid dienone is 1. The highest BCUT2D eigenvalue weighted by atomic mass is 16.5. The van der Waals surface area contributed by atoms with E-state index in [-0.39, 0.29) is 23.1 Å². The molecule has 0 spiro atoms. The van der Waals surface area contributed by atoms with Gasteiger partial charge in [-0.25, -0.2) is 9.59 Å². The molecule has 1 aliphatic rings. The first-order chi connectivity index (χ1) is 13.2. The molecule has 0 saturated heterocycles. The molecule has 27 heavy (non-hydrogen) atoms. The number of hydrogen-bond acceptors (Lipinski definition) is 5. The molecule has 0 unspecified atom stereocenters. The fourth-order valence-corrected chi connectivity index (χ4v) is 3.12. The maximum atomic E-state index is 12.3. The zero-order valence-corrected chi connectivity index (χ0v) is 15.1. The van der Waals surface area contributed by atoms with Gasteiger partial charge in [-0.1, -0.05) is 60.7 Å². The van der Waals surface area contributed by atoms with Gasteiger partial charge in [-0.15, -0.1) is 0 Å². The third-order valence-electron chi connectivity index (χ3n) is 4.34. The average Bonchev–Trinajstić information content (AvgIpc) is 2.74. The van der Waals surface area contributed by atoms with Crippen molar-refractivity contribution in [3.63, 3.8) is 0 Å². The van der Waals surface area contributed by atoms with Gasteiger partial charge in [0.25, 0.3) is 0 Å². The second-order valence-electron chi connectivity index (χ2n) is 5.83. The van der Waals surface area contributed by atoms with Gasteiger partial charge in [-0.05, 0) is 17.2 Å². The second kappa shape index (κ2) is 8.21. The summed E-state index contributed by atoms with van der Waals surface area (Å²) in [6.07, 6.45) is 3.36. The summed E-state index contributed by atoms with van der Waals surface area (Å²) >= 11 is 0. The van der Waals surface area contributed by atoms with Crippen molar-refractivity contribution in [2.45, 2.75) is 6.04 Å². The van der Waals surface area contributed by atoms with Crippen molar-refractivity contribution in [3.05, 3.63) is 101 Å². The van der Waals surface area contributed by atoms with Gasteiger partial charge in [0.2, 0.25) is 0 Å². The molecule has 0 bridgehead atoms. The van der Waals surface area contributed by atoms with Crippen molar-refractivity contribution in [3.8, 4) is 0 Å². The quantitative estimate of drug-likeness (QED) is 0.604. The van der Waals surface area contributed by atoms with Crippen molar-refractivity contribution in [2.24, 2.45) is 0 Å². The van der Waals surface area contributed by atoms with E-state index in [1.54, 1.807) is 17.2 Å². The Kier molecular flexibility index (Phi) is 5.55. The van der Waals surface area contributed by atoms with Gasteiger partial charge >= 0.3 is 5.97 Å². The summed E-state index contributed by atoms with van der Waals surface area (Å²) in [5.41, 5.74) is 2.05. The normalized spacial score (nSPS) is 13.6. The summed E-state index contributed by atoms with van der Waals surface area (Å²) in [6.45, 7) is 0. The first kappa shape index (κ1) is 18.2. The lowest BCUT2D eigenvalue weighted by atomic mass is 9.94. The average molecular weight is 361 g/mol. The Bertz CT molecular complexity index is 886. The SMILES string of the molecule is COC(=O)C1=C(OC)C=CN(C(c2ccccc2)c2ccccc2)C1=C=O. The highest BCUT2D eigenvalue weighted by Gasteiger charge is 2.33. The number of ether oxygens (including phenoxy) is 2. The fourth-order valence-electron chi connectivity index (χ4n) is 3.12. The largest absolute Gasteiger partial charge is 0.496 e. The van der Waals surface area contributed by atoms with Crippen molar-refractivity contribution >= 4 is 11.9 Å². The molecule has 0 atom stereocenters. The van der Waals surface area contributed by atoms with Crippen molar-refractivity contribution < 1.29 is 19.1 Å². The van der Waals surface area contributed by atoms with Crippen LogP contribution in [-0.2, 0) is 19.1 Å². The number of benzene rings is 2. The fraction of sp³-hybridized carbons (Fsp3) is 0.136. The van der Waals surface area contributed by atoms with E-state index >= 15 is 0 Å². The van der Waals surface area contributed by atoms with Gasteiger partial charge in [-0.2, -0.15) is 0 Å². The van der Waals surface area contributed by atoms with Gasteiger partial charge in [-0.3, -0.25) is 0 Å². The summed E-state index contributed by atoms with van der Waals surface area (Å²) in [4.78, 5) is 25.9. The summed E-state index contributed by atoms with van der Waals surface area (Å²) in [5.74, 6) is 1.51. The van der Waals surface area contributed by atoms with E-state index < -0.39 is 5.97 Å². The molecule has 5 nitrogen and oxygen atoms in total. The maximum Gasteiger partial charge on any atom is 0.344 e. The molecule has 1 aliphatic heterocycles. The highest BCUT2D eigenvalue weighted by Crippen LogP contribution is 2.36. The summed E-state index contributed by atoms with van der Waals surface area (Å²) < 4.78 is 10.1. The van der Waals surface area contributed by atoms with E-state index in [0.29, 0.717) is 0 Å². The van der Waals surface area contributed by atoms with Crippen LogP contribution in [0.1, 0.15) is 17.2 Å². The van der Waals surface area contributed by atoms with Crippen LogP contribution in [0.5, 0.6) is 0 Å². The molecular weight excluding hydrogens is 342 g/mol. The molecule has 0 radical (unpaired) electrons. The zero-order chi connectivity index (χ0) is 19.2. The van der Waals surface area contributed by atoms with Crippen LogP contribution in [0.3, 0.4) is 0 Å². The van der Waals surface area contributed by atoms with E-state index in [2.05, 4.69) is 0 Å². The van der Waals surface area contributed by atoms with Gasteiger partial charge in [0.05, 0.1) is 20.3 Å². The molecule has 0 N–H and O–H groups in total. The van der Waals surface area contributed by atoms with Crippen LogP contribution in [0, 0.1) is 0 Å². The highest BCUT2D eigenvalue weighted by molar-refractivity contribution is 5.97. The smallest absolute Gasteiger partial charge is 0.344 e. The first-order valence-corrected chi connectivity index (χ1v) is 8.39. The number of methoxy groups -OCH3 is 2. The molecule has 0 fully saturated rings. The van der Waals surface area contributed by atoms with Crippen LogP contribution in [0.4, 0.5) is 0 Å². The summed E-state index contributed by atoms with van der Waals surface area (Å²) in [7, 11) is 2.70. The Hall–Kier alpha value is -3.56. The molecule has 2 aromatic rings. The molecular formula is C22H19NO4. The van der Waals surface area contributed by atoms with Crippen LogP contribution in [-0.4, -0.2) is 31.0 Å². The van der Waals surface area contributed by atoms with E-state index in [0.717, 1.165) is 11.1 Å². The number of carbonyl (C=O) groups is 1. The lowest BCUT2D eigenvalue weighted by molar-refractivity contribution is -0.136. The summed E-state index contributed by atoms with van der Waals surface area (Å²) in [6, 6.07) is 19.2. The third kappa shape index (κ3) is 3.54.